The van der Waals surface area contributed by atoms with Gasteiger partial charge in [-0.05, 0) is 43.9 Å². The predicted molar refractivity (Wildman–Crippen MR) is 92.3 cm³/mol. The number of nitrogens with one attached hydrogen (secondary N) is 1. The molecule has 120 valence electrons. The highest BCUT2D eigenvalue weighted by Crippen LogP contribution is 2.32. The summed E-state index contributed by atoms with van der Waals surface area (Å²) in [5.41, 5.74) is 3.56. The Labute approximate surface area is 135 Å². The minimum atomic E-state index is -3.12. The number of hydrogen-bond acceptors (Lipinski definition) is 5. The number of sulfonamides is 1. The third-order valence-electron chi connectivity index (χ3n) is 3.96. The summed E-state index contributed by atoms with van der Waals surface area (Å²) >= 11 is 1.72. The van der Waals surface area contributed by atoms with Gasteiger partial charge in [-0.25, -0.2) is 18.1 Å². The van der Waals surface area contributed by atoms with Gasteiger partial charge >= 0.3 is 0 Å². The summed E-state index contributed by atoms with van der Waals surface area (Å²) in [5, 5.41) is 1.04. The van der Waals surface area contributed by atoms with Crippen molar-refractivity contribution >= 4 is 36.7 Å². The minimum Gasteiger partial charge on any atom is -0.348 e. The molecule has 0 atom stereocenters. The normalized spacial score (nSPS) is 17.3. The second-order valence-electron chi connectivity index (χ2n) is 6.08. The third-order valence-corrected chi connectivity index (χ3v) is 5.79. The summed E-state index contributed by atoms with van der Waals surface area (Å²) in [6.45, 7) is 5.88. The number of hydrogen-bond donors (Lipinski definition) is 1. The number of nitrogens with zero attached hydrogens (tertiary/aromatic N) is 2. The van der Waals surface area contributed by atoms with Crippen LogP contribution in [0.3, 0.4) is 0 Å². The number of benzene rings is 1. The van der Waals surface area contributed by atoms with Crippen LogP contribution in [0.5, 0.6) is 0 Å². The molecule has 3 rings (SSSR count). The van der Waals surface area contributed by atoms with E-state index in [0.717, 1.165) is 36.6 Å². The zero-order valence-corrected chi connectivity index (χ0v) is 14.7. The first kappa shape index (κ1) is 15.7. The van der Waals surface area contributed by atoms with E-state index in [9.17, 15) is 8.42 Å². The minimum absolute atomic E-state index is 0.0459. The van der Waals surface area contributed by atoms with E-state index in [4.69, 9.17) is 4.98 Å². The number of rotatable bonds is 3. The Balaban J connectivity index is 1.75. The lowest BCUT2D eigenvalue weighted by molar-refractivity contribution is 0.461. The maximum Gasteiger partial charge on any atom is 0.208 e. The van der Waals surface area contributed by atoms with Gasteiger partial charge in [-0.3, -0.25) is 0 Å². The van der Waals surface area contributed by atoms with Gasteiger partial charge in [-0.2, -0.15) is 0 Å². The number of piperidine rings is 1. The van der Waals surface area contributed by atoms with Crippen LogP contribution in [0, 0.1) is 13.8 Å². The Morgan fingerprint density at radius 2 is 1.95 bits per heavy atom. The summed E-state index contributed by atoms with van der Waals surface area (Å²) in [4.78, 5) is 7.05. The van der Waals surface area contributed by atoms with Crippen molar-refractivity contribution in [1.29, 1.82) is 0 Å². The molecule has 1 aliphatic heterocycles. The quantitative estimate of drug-likeness (QED) is 0.933. The van der Waals surface area contributed by atoms with Crippen LogP contribution in [0.4, 0.5) is 5.13 Å². The summed E-state index contributed by atoms with van der Waals surface area (Å²) in [7, 11) is -3.12. The molecule has 1 aliphatic rings. The Hall–Kier alpha value is -1.18. The second kappa shape index (κ2) is 5.79. The largest absolute Gasteiger partial charge is 0.348 e. The molecule has 1 fully saturated rings. The first-order valence-corrected chi connectivity index (χ1v) is 10.1. The summed E-state index contributed by atoms with van der Waals surface area (Å²) in [6.07, 6.45) is 2.86. The Morgan fingerprint density at radius 1 is 1.27 bits per heavy atom. The number of fused-ring (bicyclic) bond motifs is 1. The molecule has 0 saturated carbocycles. The zero-order valence-electron chi connectivity index (χ0n) is 13.1. The van der Waals surface area contributed by atoms with E-state index >= 15 is 0 Å². The SMILES string of the molecule is Cc1cc(C)c2nc(N3CCC(NS(C)(=O)=O)CC3)sc2c1. The fourth-order valence-electron chi connectivity index (χ4n) is 2.99. The van der Waals surface area contributed by atoms with Crippen LogP contribution in [0.15, 0.2) is 12.1 Å². The summed E-state index contributed by atoms with van der Waals surface area (Å²) in [5.74, 6) is 0. The monoisotopic (exact) mass is 339 g/mol. The highest BCUT2D eigenvalue weighted by molar-refractivity contribution is 7.88. The molecule has 0 radical (unpaired) electrons. The molecular formula is C15H21N3O2S2. The van der Waals surface area contributed by atoms with Crippen molar-refractivity contribution in [1.82, 2.24) is 9.71 Å². The number of aryl methyl sites for hydroxylation is 2. The molecule has 0 bridgehead atoms. The van der Waals surface area contributed by atoms with E-state index in [-0.39, 0.29) is 6.04 Å². The van der Waals surface area contributed by atoms with Gasteiger partial charge in [0.25, 0.3) is 0 Å². The Bertz CT molecular complexity index is 790. The van der Waals surface area contributed by atoms with Crippen molar-refractivity contribution in [2.24, 2.45) is 0 Å². The van der Waals surface area contributed by atoms with Crippen LogP contribution in [-0.4, -0.2) is 38.8 Å². The highest BCUT2D eigenvalue weighted by atomic mass is 32.2. The van der Waals surface area contributed by atoms with Crippen molar-refractivity contribution in [2.45, 2.75) is 32.7 Å². The van der Waals surface area contributed by atoms with Crippen molar-refractivity contribution in [2.75, 3.05) is 24.2 Å². The fourth-order valence-corrected chi connectivity index (χ4v) is 5.02. The van der Waals surface area contributed by atoms with Crippen LogP contribution in [-0.2, 0) is 10.0 Å². The van der Waals surface area contributed by atoms with Gasteiger partial charge in [-0.15, -0.1) is 0 Å². The zero-order chi connectivity index (χ0) is 15.9. The number of thiazole rings is 1. The molecule has 7 heteroatoms. The van der Waals surface area contributed by atoms with Crippen LogP contribution in [0.25, 0.3) is 10.2 Å². The molecule has 0 unspecified atom stereocenters. The molecule has 2 aromatic rings. The van der Waals surface area contributed by atoms with Gasteiger partial charge in [0.1, 0.15) is 0 Å². The van der Waals surface area contributed by atoms with E-state index in [1.165, 1.54) is 22.1 Å². The maximum absolute atomic E-state index is 11.3. The van der Waals surface area contributed by atoms with Gasteiger partial charge in [-0.1, -0.05) is 17.4 Å². The van der Waals surface area contributed by atoms with Gasteiger partial charge in [0.05, 0.1) is 16.5 Å². The average Bonchev–Trinajstić information content (AvgIpc) is 2.81. The van der Waals surface area contributed by atoms with Crippen molar-refractivity contribution in [3.05, 3.63) is 23.3 Å². The molecule has 22 heavy (non-hydrogen) atoms. The highest BCUT2D eigenvalue weighted by Gasteiger charge is 2.23. The van der Waals surface area contributed by atoms with Crippen LogP contribution in [0.2, 0.25) is 0 Å². The van der Waals surface area contributed by atoms with Gasteiger partial charge in [0, 0.05) is 19.1 Å². The van der Waals surface area contributed by atoms with E-state index in [0.29, 0.717) is 0 Å². The van der Waals surface area contributed by atoms with Gasteiger partial charge in [0.15, 0.2) is 5.13 Å². The molecule has 1 saturated heterocycles. The molecule has 0 spiro atoms. The van der Waals surface area contributed by atoms with E-state index in [2.05, 4.69) is 35.6 Å². The fraction of sp³-hybridized carbons (Fsp3) is 0.533. The molecule has 1 N–H and O–H groups in total. The molecule has 0 aliphatic carbocycles. The number of anilines is 1. The topological polar surface area (TPSA) is 62.3 Å². The van der Waals surface area contributed by atoms with Crippen LogP contribution < -0.4 is 9.62 Å². The molecule has 2 heterocycles. The smallest absolute Gasteiger partial charge is 0.208 e. The van der Waals surface area contributed by atoms with Crippen molar-refractivity contribution in [3.63, 3.8) is 0 Å². The third kappa shape index (κ3) is 3.42. The van der Waals surface area contributed by atoms with E-state index in [1.807, 2.05) is 0 Å². The summed E-state index contributed by atoms with van der Waals surface area (Å²) in [6, 6.07) is 4.39. The molecule has 1 aromatic carbocycles. The van der Waals surface area contributed by atoms with Crippen LogP contribution >= 0.6 is 11.3 Å². The molecule has 0 amide bonds. The van der Waals surface area contributed by atoms with Gasteiger partial charge < -0.3 is 4.90 Å². The lowest BCUT2D eigenvalue weighted by Crippen LogP contribution is -2.44. The molecule has 1 aromatic heterocycles. The second-order valence-corrected chi connectivity index (χ2v) is 8.87. The Morgan fingerprint density at radius 3 is 2.59 bits per heavy atom. The number of aromatic nitrogens is 1. The van der Waals surface area contributed by atoms with E-state index < -0.39 is 10.0 Å². The van der Waals surface area contributed by atoms with E-state index in [1.54, 1.807) is 11.3 Å². The van der Waals surface area contributed by atoms with Gasteiger partial charge in [0.2, 0.25) is 10.0 Å². The standard InChI is InChI=1S/C15H21N3O2S2/c1-10-8-11(2)14-13(9-10)21-15(16-14)18-6-4-12(5-7-18)17-22(3,19)20/h8-9,12,17H,4-7H2,1-3H3. The van der Waals surface area contributed by atoms with Crippen molar-refractivity contribution < 1.29 is 8.42 Å². The lowest BCUT2D eigenvalue weighted by Gasteiger charge is -2.31. The molecule has 5 nitrogen and oxygen atoms in total. The first-order chi connectivity index (χ1) is 10.3. The first-order valence-electron chi connectivity index (χ1n) is 7.42. The maximum atomic E-state index is 11.3. The van der Waals surface area contributed by atoms with Crippen LogP contribution in [0.1, 0.15) is 24.0 Å². The summed E-state index contributed by atoms with van der Waals surface area (Å²) < 4.78 is 26.5. The van der Waals surface area contributed by atoms with Crippen molar-refractivity contribution in [3.8, 4) is 0 Å². The Kier molecular flexibility index (Phi) is 4.13. The predicted octanol–water partition coefficient (Wildman–Crippen LogP) is 2.43. The average molecular weight is 339 g/mol. The lowest BCUT2D eigenvalue weighted by atomic mass is 10.1. The molecular weight excluding hydrogens is 318 g/mol.